The van der Waals surface area contributed by atoms with Gasteiger partial charge in [0.1, 0.15) is 0 Å². The Morgan fingerprint density at radius 2 is 2.00 bits per heavy atom. The van der Waals surface area contributed by atoms with Crippen molar-refractivity contribution in [2.45, 2.75) is 45.8 Å². The van der Waals surface area contributed by atoms with Gasteiger partial charge in [-0.05, 0) is 29.7 Å². The van der Waals surface area contributed by atoms with Gasteiger partial charge < -0.3 is 11.1 Å². The molecule has 0 saturated carbocycles. The lowest BCUT2D eigenvalue weighted by Crippen LogP contribution is -2.16. The van der Waals surface area contributed by atoms with Gasteiger partial charge in [0.2, 0.25) is 5.91 Å². The van der Waals surface area contributed by atoms with Crippen LogP contribution in [0.5, 0.6) is 0 Å². The number of hydrogen-bond donors (Lipinski definition) is 2. The maximum Gasteiger partial charge on any atom is 0.416 e. The van der Waals surface area contributed by atoms with Crippen molar-refractivity contribution in [1.29, 1.82) is 0 Å². The second-order valence-electron chi connectivity index (χ2n) is 5.27. The van der Waals surface area contributed by atoms with E-state index in [1.165, 1.54) is 6.07 Å². The fourth-order valence-corrected chi connectivity index (χ4v) is 2.17. The molecule has 6 heteroatoms. The van der Waals surface area contributed by atoms with Crippen LogP contribution in [0, 0.1) is 5.92 Å². The zero-order chi connectivity index (χ0) is 16.0. The summed E-state index contributed by atoms with van der Waals surface area (Å²) in [6, 6.07) is 3.40. The van der Waals surface area contributed by atoms with Crippen LogP contribution in [-0.4, -0.2) is 5.91 Å². The van der Waals surface area contributed by atoms with Gasteiger partial charge in [-0.2, -0.15) is 13.2 Å². The molecule has 1 atom stereocenters. The molecule has 0 aromatic heterocycles. The lowest BCUT2D eigenvalue weighted by molar-refractivity contribution is -0.137. The molecule has 0 aliphatic carbocycles. The van der Waals surface area contributed by atoms with E-state index in [0.717, 1.165) is 25.0 Å². The Bertz CT molecular complexity index is 486. The fourth-order valence-electron chi connectivity index (χ4n) is 2.17. The van der Waals surface area contributed by atoms with E-state index in [2.05, 4.69) is 5.32 Å². The SMILES string of the molecule is CCCC(C)CC(=O)Nc1cc(CN)cc(C(F)(F)F)c1. The maximum atomic E-state index is 12.8. The molecule has 1 aromatic rings. The second-order valence-corrected chi connectivity index (χ2v) is 5.27. The number of alkyl halides is 3. The summed E-state index contributed by atoms with van der Waals surface area (Å²) in [5, 5.41) is 2.52. The number of rotatable bonds is 6. The van der Waals surface area contributed by atoms with Crippen LogP contribution in [-0.2, 0) is 17.5 Å². The molecule has 0 bridgehead atoms. The third-order valence-electron chi connectivity index (χ3n) is 3.15. The lowest BCUT2D eigenvalue weighted by atomic mass is 10.0. The molecule has 0 aliphatic rings. The van der Waals surface area contributed by atoms with Gasteiger partial charge in [0.15, 0.2) is 0 Å². The van der Waals surface area contributed by atoms with Crippen molar-refractivity contribution in [2.75, 3.05) is 5.32 Å². The van der Waals surface area contributed by atoms with Crippen molar-refractivity contribution >= 4 is 11.6 Å². The van der Waals surface area contributed by atoms with Gasteiger partial charge in [0.05, 0.1) is 5.56 Å². The molecule has 118 valence electrons. The number of carbonyl (C=O) groups excluding carboxylic acids is 1. The Hall–Kier alpha value is -1.56. The minimum Gasteiger partial charge on any atom is -0.326 e. The van der Waals surface area contributed by atoms with Crippen molar-refractivity contribution in [1.82, 2.24) is 0 Å². The number of nitrogens with one attached hydrogen (secondary N) is 1. The Morgan fingerprint density at radius 3 is 2.52 bits per heavy atom. The number of carbonyl (C=O) groups is 1. The predicted octanol–water partition coefficient (Wildman–Crippen LogP) is 3.93. The minimum atomic E-state index is -4.46. The normalized spacial score (nSPS) is 13.0. The third kappa shape index (κ3) is 5.75. The summed E-state index contributed by atoms with van der Waals surface area (Å²) in [6.07, 6.45) is -2.29. The Kier molecular flexibility index (Phi) is 6.20. The zero-order valence-corrected chi connectivity index (χ0v) is 12.3. The van der Waals surface area contributed by atoms with E-state index in [1.54, 1.807) is 0 Å². The number of amides is 1. The molecular weight excluding hydrogens is 281 g/mol. The highest BCUT2D eigenvalue weighted by Gasteiger charge is 2.31. The predicted molar refractivity (Wildman–Crippen MR) is 76.7 cm³/mol. The molecule has 0 saturated heterocycles. The Morgan fingerprint density at radius 1 is 1.33 bits per heavy atom. The van der Waals surface area contributed by atoms with Crippen LogP contribution in [0.4, 0.5) is 18.9 Å². The standard InChI is InChI=1S/C15H21F3N2O/c1-3-4-10(2)5-14(21)20-13-7-11(9-19)6-12(8-13)15(16,17)18/h6-8,10H,3-5,9,19H2,1-2H3,(H,20,21). The first kappa shape index (κ1) is 17.5. The van der Waals surface area contributed by atoms with Crippen LogP contribution in [0.15, 0.2) is 18.2 Å². The molecule has 21 heavy (non-hydrogen) atoms. The smallest absolute Gasteiger partial charge is 0.326 e. The molecule has 3 N–H and O–H groups in total. The topological polar surface area (TPSA) is 55.1 Å². The maximum absolute atomic E-state index is 12.8. The molecule has 1 amide bonds. The molecule has 1 unspecified atom stereocenters. The molecule has 3 nitrogen and oxygen atoms in total. The van der Waals surface area contributed by atoms with Crippen LogP contribution in [0.2, 0.25) is 0 Å². The van der Waals surface area contributed by atoms with Crippen molar-refractivity contribution in [2.24, 2.45) is 11.7 Å². The van der Waals surface area contributed by atoms with E-state index >= 15 is 0 Å². The van der Waals surface area contributed by atoms with Crippen LogP contribution >= 0.6 is 0 Å². The van der Waals surface area contributed by atoms with Gasteiger partial charge in [-0.15, -0.1) is 0 Å². The molecule has 0 heterocycles. The first-order valence-electron chi connectivity index (χ1n) is 6.97. The average molecular weight is 302 g/mol. The molecule has 1 rings (SSSR count). The molecular formula is C15H21F3N2O. The monoisotopic (exact) mass is 302 g/mol. The lowest BCUT2D eigenvalue weighted by Gasteiger charge is -2.14. The summed E-state index contributed by atoms with van der Waals surface area (Å²) in [6.45, 7) is 3.95. The summed E-state index contributed by atoms with van der Waals surface area (Å²) in [7, 11) is 0. The van der Waals surface area contributed by atoms with E-state index in [4.69, 9.17) is 5.73 Å². The highest BCUT2D eigenvalue weighted by molar-refractivity contribution is 5.91. The number of benzene rings is 1. The quantitative estimate of drug-likeness (QED) is 0.836. The number of nitrogens with two attached hydrogens (primary N) is 1. The zero-order valence-electron chi connectivity index (χ0n) is 12.3. The van der Waals surface area contributed by atoms with Crippen molar-refractivity contribution in [3.8, 4) is 0 Å². The van der Waals surface area contributed by atoms with E-state index in [0.29, 0.717) is 12.0 Å². The third-order valence-corrected chi connectivity index (χ3v) is 3.15. The fraction of sp³-hybridized carbons (Fsp3) is 0.533. The van der Waals surface area contributed by atoms with Crippen molar-refractivity contribution < 1.29 is 18.0 Å². The van der Waals surface area contributed by atoms with E-state index in [-0.39, 0.29) is 24.1 Å². The summed E-state index contributed by atoms with van der Waals surface area (Å²) < 4.78 is 38.3. The highest BCUT2D eigenvalue weighted by atomic mass is 19.4. The number of halogens is 3. The number of hydrogen-bond acceptors (Lipinski definition) is 2. The van der Waals surface area contributed by atoms with Gasteiger partial charge in [0, 0.05) is 18.7 Å². The van der Waals surface area contributed by atoms with Gasteiger partial charge in [-0.25, -0.2) is 0 Å². The first-order valence-corrected chi connectivity index (χ1v) is 6.97. The van der Waals surface area contributed by atoms with E-state index in [1.807, 2.05) is 13.8 Å². The summed E-state index contributed by atoms with van der Waals surface area (Å²) >= 11 is 0. The summed E-state index contributed by atoms with van der Waals surface area (Å²) in [5.74, 6) is -0.0759. The average Bonchev–Trinajstić information content (AvgIpc) is 2.37. The molecule has 0 fully saturated rings. The molecule has 0 aliphatic heterocycles. The number of anilines is 1. The van der Waals surface area contributed by atoms with E-state index < -0.39 is 11.7 Å². The minimum absolute atomic E-state index is 0.0149. The molecule has 0 spiro atoms. The van der Waals surface area contributed by atoms with Crippen molar-refractivity contribution in [3.05, 3.63) is 29.3 Å². The Labute approximate surface area is 122 Å². The summed E-state index contributed by atoms with van der Waals surface area (Å²) in [5.41, 5.74) is 5.07. The van der Waals surface area contributed by atoms with Crippen LogP contribution in [0.1, 0.15) is 44.2 Å². The summed E-state index contributed by atoms with van der Waals surface area (Å²) in [4.78, 5) is 11.8. The largest absolute Gasteiger partial charge is 0.416 e. The van der Waals surface area contributed by atoms with Crippen molar-refractivity contribution in [3.63, 3.8) is 0 Å². The van der Waals surface area contributed by atoms with Crippen LogP contribution in [0.25, 0.3) is 0 Å². The van der Waals surface area contributed by atoms with Gasteiger partial charge >= 0.3 is 6.18 Å². The van der Waals surface area contributed by atoms with Gasteiger partial charge in [-0.1, -0.05) is 26.7 Å². The van der Waals surface area contributed by atoms with Crippen LogP contribution in [0.3, 0.4) is 0 Å². The first-order chi connectivity index (χ1) is 9.76. The van der Waals surface area contributed by atoms with Gasteiger partial charge in [-0.3, -0.25) is 4.79 Å². The second kappa shape index (κ2) is 7.45. The van der Waals surface area contributed by atoms with E-state index in [9.17, 15) is 18.0 Å². The molecule has 0 radical (unpaired) electrons. The van der Waals surface area contributed by atoms with Crippen LogP contribution < -0.4 is 11.1 Å². The Balaban J connectivity index is 2.85. The highest BCUT2D eigenvalue weighted by Crippen LogP contribution is 2.32. The van der Waals surface area contributed by atoms with Gasteiger partial charge in [0.25, 0.3) is 0 Å². The molecule has 1 aromatic carbocycles.